The van der Waals surface area contributed by atoms with Crippen molar-refractivity contribution >= 4 is 43.4 Å². The van der Waals surface area contributed by atoms with Crippen LogP contribution in [0.3, 0.4) is 0 Å². The largest absolute Gasteiger partial charge is 0.499 e. The molecule has 0 fully saturated rings. The van der Waals surface area contributed by atoms with E-state index in [-0.39, 0.29) is 25.5 Å². The Labute approximate surface area is 277 Å². The minimum atomic E-state index is 0. The van der Waals surface area contributed by atoms with Crippen LogP contribution in [-0.4, -0.2) is 9.97 Å². The van der Waals surface area contributed by atoms with Crippen molar-refractivity contribution in [2.75, 3.05) is 0 Å². The van der Waals surface area contributed by atoms with Gasteiger partial charge in [-0.3, -0.25) is 0 Å². The number of hydrogen-bond acceptors (Lipinski definition) is 4. The predicted octanol–water partition coefficient (Wildman–Crippen LogP) is 11.0. The zero-order valence-electron chi connectivity index (χ0n) is 26.3. The first-order chi connectivity index (χ1) is 20.6. The molecule has 4 aromatic heterocycles. The first-order valence-electron chi connectivity index (χ1n) is 14.7. The van der Waals surface area contributed by atoms with Gasteiger partial charge in [0.1, 0.15) is 5.58 Å². The molecule has 7 rings (SSSR count). The molecule has 4 heterocycles. The van der Waals surface area contributed by atoms with Crippen LogP contribution in [0.1, 0.15) is 47.9 Å². The summed E-state index contributed by atoms with van der Waals surface area (Å²) >= 11 is 1.81. The number of rotatable bonds is 3. The van der Waals surface area contributed by atoms with Crippen LogP contribution in [0.15, 0.2) is 83.5 Å². The van der Waals surface area contributed by atoms with E-state index in [0.29, 0.717) is 0 Å². The molecule has 0 bridgehead atoms. The van der Waals surface area contributed by atoms with Gasteiger partial charge >= 0.3 is 0 Å². The summed E-state index contributed by atoms with van der Waals surface area (Å²) in [6.45, 7) is 15.2. The van der Waals surface area contributed by atoms with E-state index in [1.165, 1.54) is 37.2 Å². The van der Waals surface area contributed by atoms with E-state index in [1.54, 1.807) is 0 Å². The average Bonchev–Trinajstić information content (AvgIpc) is 3.50. The standard InChI is InChI=1S/C26H24NOS.C13H12N.Ir/c1-15-16(2)29-25-18(15)9-10-20-19-7-6-8-21(23(19)28-24(20)25)22-13-17(11-12-27-22)14-26(3,4)5;1-10-3-6-12(7-4-10)13-8-5-11(2)9-14-13;/h6-7,9-13H,14H2,1-5H3;3-6,8-9H,1-2H3;/q2*-1;. The first kappa shape index (κ1) is 31.8. The van der Waals surface area contributed by atoms with Gasteiger partial charge in [-0.2, -0.15) is 0 Å². The first-order valence-corrected chi connectivity index (χ1v) is 15.5. The van der Waals surface area contributed by atoms with Gasteiger partial charge in [0, 0.05) is 42.8 Å². The van der Waals surface area contributed by atoms with Crippen LogP contribution < -0.4 is 0 Å². The molecule has 7 aromatic rings. The van der Waals surface area contributed by atoms with Crippen LogP contribution in [0.2, 0.25) is 0 Å². The van der Waals surface area contributed by atoms with Crippen molar-refractivity contribution in [3.8, 4) is 22.5 Å². The number of thiophene rings is 1. The normalized spacial score (nSPS) is 11.4. The third-order valence-electron chi connectivity index (χ3n) is 7.71. The van der Waals surface area contributed by atoms with Crippen molar-refractivity contribution in [2.24, 2.45) is 5.41 Å². The minimum Gasteiger partial charge on any atom is -0.499 e. The Morgan fingerprint density at radius 3 is 2.23 bits per heavy atom. The van der Waals surface area contributed by atoms with Crippen LogP contribution >= 0.6 is 11.3 Å². The molecule has 0 amide bonds. The molecule has 0 saturated heterocycles. The molecule has 3 nitrogen and oxygen atoms in total. The fraction of sp³-hybridized carbons (Fsp3) is 0.231. The van der Waals surface area contributed by atoms with Crippen molar-refractivity contribution in [1.82, 2.24) is 9.97 Å². The van der Waals surface area contributed by atoms with Gasteiger partial charge in [0.15, 0.2) is 0 Å². The summed E-state index contributed by atoms with van der Waals surface area (Å²) in [5.41, 5.74) is 11.0. The molecule has 0 atom stereocenters. The molecule has 3 aromatic carbocycles. The van der Waals surface area contributed by atoms with Crippen molar-refractivity contribution in [1.29, 1.82) is 0 Å². The zero-order chi connectivity index (χ0) is 30.3. The molecule has 0 aliphatic heterocycles. The monoisotopic (exact) mass is 773 g/mol. The van der Waals surface area contributed by atoms with Crippen LogP contribution in [0.25, 0.3) is 54.5 Å². The van der Waals surface area contributed by atoms with Gasteiger partial charge in [-0.15, -0.1) is 64.9 Å². The summed E-state index contributed by atoms with van der Waals surface area (Å²) in [5, 5.41) is 3.58. The molecular formula is C39H36IrN2OS-2. The van der Waals surface area contributed by atoms with Gasteiger partial charge in [-0.1, -0.05) is 74.5 Å². The van der Waals surface area contributed by atoms with E-state index < -0.39 is 0 Å². The minimum absolute atomic E-state index is 0. The van der Waals surface area contributed by atoms with Gasteiger partial charge in [0.2, 0.25) is 0 Å². The molecule has 0 saturated carbocycles. The fourth-order valence-electron chi connectivity index (χ4n) is 5.41. The third-order valence-corrected chi connectivity index (χ3v) is 8.94. The second kappa shape index (κ2) is 12.8. The number of nitrogens with zero attached hydrogens (tertiary/aromatic N) is 2. The van der Waals surface area contributed by atoms with E-state index in [9.17, 15) is 0 Å². The Kier molecular flexibility index (Phi) is 9.22. The molecule has 225 valence electrons. The maximum atomic E-state index is 6.50. The van der Waals surface area contributed by atoms with E-state index in [2.05, 4.69) is 106 Å². The molecule has 0 aliphatic rings. The van der Waals surface area contributed by atoms with E-state index in [4.69, 9.17) is 4.42 Å². The van der Waals surface area contributed by atoms with Gasteiger partial charge in [0.05, 0.1) is 10.3 Å². The topological polar surface area (TPSA) is 38.9 Å². The second-order valence-electron chi connectivity index (χ2n) is 12.6. The number of pyridine rings is 2. The number of aryl methyl sites for hydroxylation is 4. The molecule has 0 N–H and O–H groups in total. The number of aromatic nitrogens is 2. The van der Waals surface area contributed by atoms with Crippen molar-refractivity contribution in [2.45, 2.75) is 54.9 Å². The number of furan rings is 1. The summed E-state index contributed by atoms with van der Waals surface area (Å²) < 4.78 is 7.73. The average molecular weight is 773 g/mol. The van der Waals surface area contributed by atoms with Gasteiger partial charge in [-0.25, -0.2) is 0 Å². The quantitative estimate of drug-likeness (QED) is 0.168. The SMILES string of the molecule is Cc1c[c-]c(-c2ccc(C)cn2)cc1.Cc1sc2c(ccc3c4cc[c-]c(-c5cc(CC(C)(C)C)ccn5)c4oc32)c1C.[Ir]. The zero-order valence-corrected chi connectivity index (χ0v) is 29.5. The molecule has 0 unspecified atom stereocenters. The van der Waals surface area contributed by atoms with Crippen LogP contribution in [0, 0.1) is 45.2 Å². The Balaban J connectivity index is 0.000000216. The molecule has 1 radical (unpaired) electrons. The van der Waals surface area contributed by atoms with Crippen LogP contribution in [-0.2, 0) is 26.5 Å². The molecule has 0 spiro atoms. The van der Waals surface area contributed by atoms with Crippen LogP contribution in [0.5, 0.6) is 0 Å². The summed E-state index contributed by atoms with van der Waals surface area (Å²) in [5.74, 6) is 0. The van der Waals surface area contributed by atoms with Gasteiger partial charge in [0.25, 0.3) is 0 Å². The summed E-state index contributed by atoms with van der Waals surface area (Å²) in [6, 6.07) is 29.6. The van der Waals surface area contributed by atoms with E-state index in [0.717, 1.165) is 50.9 Å². The summed E-state index contributed by atoms with van der Waals surface area (Å²) in [6.07, 6.45) is 4.78. The Morgan fingerprint density at radius 1 is 0.773 bits per heavy atom. The molecule has 44 heavy (non-hydrogen) atoms. The Hall–Kier alpha value is -3.63. The predicted molar refractivity (Wildman–Crippen MR) is 182 cm³/mol. The van der Waals surface area contributed by atoms with E-state index >= 15 is 0 Å². The van der Waals surface area contributed by atoms with Crippen LogP contribution in [0.4, 0.5) is 0 Å². The van der Waals surface area contributed by atoms with Gasteiger partial charge in [-0.05, 0) is 66.6 Å². The number of hydrogen-bond donors (Lipinski definition) is 0. The van der Waals surface area contributed by atoms with Crippen molar-refractivity contribution < 1.29 is 24.5 Å². The van der Waals surface area contributed by atoms with Gasteiger partial charge < -0.3 is 14.4 Å². The van der Waals surface area contributed by atoms with E-state index in [1.807, 2.05) is 54.9 Å². The summed E-state index contributed by atoms with van der Waals surface area (Å²) in [7, 11) is 0. The summed E-state index contributed by atoms with van der Waals surface area (Å²) in [4.78, 5) is 10.3. The number of fused-ring (bicyclic) bond motifs is 5. The molecular weight excluding hydrogens is 737 g/mol. The Bertz CT molecular complexity index is 2020. The van der Waals surface area contributed by atoms with Crippen molar-refractivity contribution in [3.05, 3.63) is 118 Å². The Morgan fingerprint density at radius 2 is 1.52 bits per heavy atom. The maximum Gasteiger partial charge on any atom is 0.138 e. The smallest absolute Gasteiger partial charge is 0.138 e. The molecule has 0 aliphatic carbocycles. The third kappa shape index (κ3) is 6.56. The second-order valence-corrected chi connectivity index (χ2v) is 13.8. The fourth-order valence-corrected chi connectivity index (χ4v) is 6.55. The molecule has 5 heteroatoms. The number of benzene rings is 3. The van der Waals surface area contributed by atoms with Crippen molar-refractivity contribution in [3.63, 3.8) is 0 Å². The maximum absolute atomic E-state index is 6.50.